The molecule has 470 valence electrons. The highest BCUT2D eigenvalue weighted by molar-refractivity contribution is 6.38. The summed E-state index contributed by atoms with van der Waals surface area (Å²) in [6, 6.07) is 105. The molecule has 6 heterocycles. The predicted octanol–water partition coefficient (Wildman–Crippen LogP) is 27.3. The summed E-state index contributed by atoms with van der Waals surface area (Å²) >= 11 is 0. The second kappa shape index (κ2) is 19.7. The summed E-state index contributed by atoms with van der Waals surface area (Å²) in [7, 11) is 0. The van der Waals surface area contributed by atoms with Gasteiger partial charge in [0.25, 0.3) is 0 Å². The summed E-state index contributed by atoms with van der Waals surface area (Å²) in [5.74, 6) is 0. The van der Waals surface area contributed by atoms with Crippen LogP contribution in [0.5, 0.6) is 0 Å². The first kappa shape index (κ1) is 55.8. The van der Waals surface area contributed by atoms with Gasteiger partial charge in [0, 0.05) is 64.6 Å². The molecule has 22 rings (SSSR count). The molecule has 0 unspecified atom stereocenters. The minimum atomic E-state index is 0.0823. The Morgan fingerprint density at radius 2 is 0.560 bits per heavy atom. The zero-order chi connectivity index (χ0) is 66.3. The summed E-state index contributed by atoms with van der Waals surface area (Å²) in [6.07, 6.45) is 0. The lowest BCUT2D eigenvalue weighted by atomic mass is 9.86. The Labute approximate surface area is 575 Å². The normalized spacial score (nSPS) is 12.9. The van der Waals surface area contributed by atoms with Crippen molar-refractivity contribution in [3.05, 3.63) is 290 Å². The third kappa shape index (κ3) is 7.99. The fraction of sp³-hybridized carbons (Fsp3) is 0.0833. The Morgan fingerprint density at radius 3 is 1.03 bits per heavy atom. The maximum Gasteiger partial charge on any atom is 0.136 e. The van der Waals surface area contributed by atoms with Crippen molar-refractivity contribution in [3.8, 4) is 55.6 Å². The van der Waals surface area contributed by atoms with Crippen LogP contribution in [0, 0.1) is 0 Å². The number of nitrogens with zero attached hydrogens (tertiary/aromatic N) is 2. The molecule has 4 nitrogen and oxygen atoms in total. The van der Waals surface area contributed by atoms with E-state index in [4.69, 9.17) is 8.83 Å². The molecular weight excluding hydrogens is 1210 g/mol. The van der Waals surface area contributed by atoms with E-state index < -0.39 is 0 Å². The van der Waals surface area contributed by atoms with Crippen LogP contribution in [-0.4, -0.2) is 8.80 Å². The number of hydrogen-bond acceptors (Lipinski definition) is 2. The average Bonchev–Trinajstić information content (AvgIpc) is 1.52. The smallest absolute Gasteiger partial charge is 0.136 e. The van der Waals surface area contributed by atoms with Crippen LogP contribution in [0.25, 0.3) is 219 Å². The van der Waals surface area contributed by atoms with Gasteiger partial charge in [-0.2, -0.15) is 0 Å². The highest BCUT2D eigenvalue weighted by atomic mass is 16.3. The van der Waals surface area contributed by atoms with E-state index in [1.165, 1.54) is 175 Å². The van der Waals surface area contributed by atoms with Gasteiger partial charge in [-0.3, -0.25) is 0 Å². The fourth-order valence-corrected chi connectivity index (χ4v) is 17.4. The molecule has 0 aliphatic heterocycles. The number of aromatic nitrogens is 2. The Bertz CT molecular complexity index is 7300. The molecule has 4 heteroatoms. The number of benzene rings is 16. The SMILES string of the molecule is CC(C)(C)c1ccc(-c2ccc3cc4c5cc6oc7cc(-c8cccc(-c9ccc%10cc%11c%12c%13c(cc%14c%15cc%16ccc(-c%17ccccc%17)cc%16cc%15n(c%11cc%10c9)c%14%12)oc9ccccc9%13)c8)ccc7c6c6c7cc8ccc(-c9ccc(C(C)(C)C)cc9)cc8cc7n(c4cc3c2)c56)cc1. The van der Waals surface area contributed by atoms with Crippen molar-refractivity contribution in [1.29, 1.82) is 0 Å². The van der Waals surface area contributed by atoms with Crippen LogP contribution in [0.3, 0.4) is 0 Å². The van der Waals surface area contributed by atoms with Crippen molar-refractivity contribution < 1.29 is 8.83 Å². The first-order valence-electron chi connectivity index (χ1n) is 35.1. The predicted molar refractivity (Wildman–Crippen MR) is 425 cm³/mol. The van der Waals surface area contributed by atoms with Crippen LogP contribution in [0.15, 0.2) is 288 Å². The quantitative estimate of drug-likeness (QED) is 0.172. The molecule has 0 atom stereocenters. The topological polar surface area (TPSA) is 35.1 Å². The maximum atomic E-state index is 7.22. The van der Waals surface area contributed by atoms with Crippen LogP contribution in [-0.2, 0) is 10.8 Å². The molecule has 0 amide bonds. The Hall–Kier alpha value is -12.2. The lowest BCUT2D eigenvalue weighted by molar-refractivity contribution is 0.590. The van der Waals surface area contributed by atoms with Gasteiger partial charge in [0.2, 0.25) is 0 Å². The summed E-state index contributed by atoms with van der Waals surface area (Å²) in [5.41, 5.74) is 25.5. The Balaban J connectivity index is 0.689. The van der Waals surface area contributed by atoms with Crippen LogP contribution < -0.4 is 0 Å². The number of para-hydroxylation sites is 1. The molecule has 0 aliphatic rings. The van der Waals surface area contributed by atoms with Crippen LogP contribution in [0.2, 0.25) is 0 Å². The van der Waals surface area contributed by atoms with E-state index in [0.29, 0.717) is 0 Å². The molecule has 0 spiro atoms. The molecular formula is C96H64N2O2. The number of furan rings is 2. The zero-order valence-corrected chi connectivity index (χ0v) is 56.3. The molecule has 0 saturated heterocycles. The van der Waals surface area contributed by atoms with Gasteiger partial charge in [0.05, 0.1) is 33.1 Å². The highest BCUT2D eigenvalue weighted by Crippen LogP contribution is 2.51. The van der Waals surface area contributed by atoms with E-state index in [9.17, 15) is 0 Å². The largest absolute Gasteiger partial charge is 0.456 e. The van der Waals surface area contributed by atoms with Gasteiger partial charge in [-0.05, 0) is 230 Å². The lowest BCUT2D eigenvalue weighted by Crippen LogP contribution is -2.10. The van der Waals surface area contributed by atoms with E-state index in [2.05, 4.69) is 329 Å². The first-order chi connectivity index (χ1) is 48.7. The van der Waals surface area contributed by atoms with Gasteiger partial charge in [-0.15, -0.1) is 0 Å². The van der Waals surface area contributed by atoms with E-state index in [1.807, 2.05) is 0 Å². The molecule has 0 radical (unpaired) electrons. The van der Waals surface area contributed by atoms with Crippen molar-refractivity contribution in [3.63, 3.8) is 0 Å². The number of hydrogen-bond donors (Lipinski definition) is 0. The molecule has 100 heavy (non-hydrogen) atoms. The lowest BCUT2D eigenvalue weighted by Gasteiger charge is -2.19. The van der Waals surface area contributed by atoms with Gasteiger partial charge in [0.1, 0.15) is 22.3 Å². The van der Waals surface area contributed by atoms with E-state index in [1.54, 1.807) is 0 Å². The second-order valence-electron chi connectivity index (χ2n) is 30.5. The molecule has 0 N–H and O–H groups in total. The minimum absolute atomic E-state index is 0.0823. The van der Waals surface area contributed by atoms with Gasteiger partial charge in [0.15, 0.2) is 0 Å². The van der Waals surface area contributed by atoms with Crippen molar-refractivity contribution >= 4 is 163 Å². The number of rotatable bonds is 5. The minimum Gasteiger partial charge on any atom is -0.456 e. The first-order valence-corrected chi connectivity index (χ1v) is 35.1. The van der Waals surface area contributed by atoms with Crippen LogP contribution in [0.1, 0.15) is 52.7 Å². The summed E-state index contributed by atoms with van der Waals surface area (Å²) < 4.78 is 19.1. The summed E-state index contributed by atoms with van der Waals surface area (Å²) in [4.78, 5) is 0. The molecule has 6 aromatic heterocycles. The average molecular weight is 1280 g/mol. The Kier molecular flexibility index (Phi) is 11.0. The van der Waals surface area contributed by atoms with E-state index >= 15 is 0 Å². The standard InChI is InChI=1S/C96H64N2O2/c1-95(2,3)71-32-27-54(28-33-71)59-20-24-63-43-76-78-52-88-90(92-80-44-64-25-21-60(55-29-34-72(35-30-55)96(4,5)6)40-69(64)48-83(80)98(94(78)92)82(76)47-68(63)39-59)74-36-31-66(50-86(74)100-88)57-16-12-15-56(37-57)61-22-26-65-45-79-84(49-70(65)41-61)97-81-46-67-38-58(53-13-8-7-9-14-53)19-23-62(67)42-75(81)77-51-87-89(91(79)93(77)97)73-17-10-11-18-85(73)99-87/h7-52H,1-6H3. The van der Waals surface area contributed by atoms with Crippen LogP contribution >= 0.6 is 0 Å². The summed E-state index contributed by atoms with van der Waals surface area (Å²) in [5, 5.41) is 24.0. The van der Waals surface area contributed by atoms with E-state index in [0.717, 1.165) is 55.2 Å². The molecule has 0 aliphatic carbocycles. The zero-order valence-electron chi connectivity index (χ0n) is 56.3. The third-order valence-corrected chi connectivity index (χ3v) is 22.5. The number of fused-ring (bicyclic) bond motifs is 24. The maximum absolute atomic E-state index is 7.22. The highest BCUT2D eigenvalue weighted by Gasteiger charge is 2.28. The molecule has 0 fully saturated rings. The Morgan fingerprint density at radius 1 is 0.210 bits per heavy atom. The van der Waals surface area contributed by atoms with Gasteiger partial charge in [-0.1, -0.05) is 211 Å². The van der Waals surface area contributed by atoms with Gasteiger partial charge >= 0.3 is 0 Å². The van der Waals surface area contributed by atoms with Gasteiger partial charge < -0.3 is 17.6 Å². The van der Waals surface area contributed by atoms with Crippen molar-refractivity contribution in [2.24, 2.45) is 0 Å². The van der Waals surface area contributed by atoms with E-state index in [-0.39, 0.29) is 10.8 Å². The summed E-state index contributed by atoms with van der Waals surface area (Å²) in [6.45, 7) is 13.7. The van der Waals surface area contributed by atoms with Crippen molar-refractivity contribution in [2.75, 3.05) is 0 Å². The second-order valence-corrected chi connectivity index (χ2v) is 30.5. The van der Waals surface area contributed by atoms with Gasteiger partial charge in [-0.25, -0.2) is 0 Å². The monoisotopic (exact) mass is 1280 g/mol. The molecule has 16 aromatic carbocycles. The van der Waals surface area contributed by atoms with Crippen molar-refractivity contribution in [1.82, 2.24) is 8.80 Å². The molecule has 22 aromatic rings. The molecule has 0 saturated carbocycles. The fourth-order valence-electron chi connectivity index (χ4n) is 17.4. The molecule has 0 bridgehead atoms. The van der Waals surface area contributed by atoms with Crippen LogP contribution in [0.4, 0.5) is 0 Å². The third-order valence-electron chi connectivity index (χ3n) is 22.5. The van der Waals surface area contributed by atoms with Crippen molar-refractivity contribution in [2.45, 2.75) is 52.4 Å².